The van der Waals surface area contributed by atoms with Gasteiger partial charge in [-0.05, 0) is 32.0 Å². The van der Waals surface area contributed by atoms with Gasteiger partial charge >= 0.3 is 5.97 Å². The van der Waals surface area contributed by atoms with Crippen LogP contribution in [0.5, 0.6) is 5.75 Å². The van der Waals surface area contributed by atoms with Crippen molar-refractivity contribution in [1.29, 1.82) is 0 Å². The number of fused-ring (bicyclic) bond motifs is 1. The molecule has 0 bridgehead atoms. The van der Waals surface area contributed by atoms with Crippen LogP contribution >= 0.6 is 0 Å². The van der Waals surface area contributed by atoms with Gasteiger partial charge in [0.2, 0.25) is 0 Å². The molecule has 1 aromatic heterocycles. The Morgan fingerprint density at radius 1 is 1.32 bits per heavy atom. The molecular formula is C16H19NO5. The molecule has 1 amide bonds. The molecule has 0 saturated carbocycles. The molecule has 0 aliphatic heterocycles. The number of benzene rings is 1. The van der Waals surface area contributed by atoms with Crippen LogP contribution in [0.4, 0.5) is 0 Å². The average Bonchev–Trinajstić information content (AvgIpc) is 2.83. The summed E-state index contributed by atoms with van der Waals surface area (Å²) in [5.74, 6) is 0.199. The van der Waals surface area contributed by atoms with E-state index in [2.05, 4.69) is 10.1 Å². The fourth-order valence-electron chi connectivity index (χ4n) is 2.22. The van der Waals surface area contributed by atoms with Gasteiger partial charge < -0.3 is 19.2 Å². The van der Waals surface area contributed by atoms with Crippen LogP contribution in [0.1, 0.15) is 29.5 Å². The molecule has 6 heteroatoms. The van der Waals surface area contributed by atoms with Gasteiger partial charge in [-0.25, -0.2) is 0 Å². The second-order valence-electron chi connectivity index (χ2n) is 5.07. The molecule has 118 valence electrons. The van der Waals surface area contributed by atoms with Crippen molar-refractivity contribution in [1.82, 2.24) is 5.32 Å². The summed E-state index contributed by atoms with van der Waals surface area (Å²) in [4.78, 5) is 23.5. The molecule has 2 rings (SSSR count). The Morgan fingerprint density at radius 2 is 2.05 bits per heavy atom. The third-order valence-corrected chi connectivity index (χ3v) is 3.43. The summed E-state index contributed by atoms with van der Waals surface area (Å²) >= 11 is 0. The number of hydrogen-bond donors (Lipinski definition) is 1. The van der Waals surface area contributed by atoms with Crippen molar-refractivity contribution in [2.75, 3.05) is 14.2 Å². The van der Waals surface area contributed by atoms with Crippen molar-refractivity contribution < 1.29 is 23.5 Å². The standard InChI is InChI=1S/C16H19NO5/c1-9(7-14(18)21-4)17-16(19)15-10(2)12-8-11(20-3)5-6-13(12)22-15/h5-6,8-9H,7H2,1-4H3,(H,17,19). The Hall–Kier alpha value is -2.50. The van der Waals surface area contributed by atoms with Gasteiger partial charge in [-0.2, -0.15) is 0 Å². The maximum atomic E-state index is 12.3. The topological polar surface area (TPSA) is 77.8 Å². The Balaban J connectivity index is 2.21. The molecule has 2 aromatic rings. The number of ether oxygens (including phenoxy) is 2. The highest BCUT2D eigenvalue weighted by atomic mass is 16.5. The number of rotatable bonds is 5. The maximum absolute atomic E-state index is 12.3. The number of furan rings is 1. The van der Waals surface area contributed by atoms with Crippen molar-refractivity contribution >= 4 is 22.8 Å². The lowest BCUT2D eigenvalue weighted by atomic mass is 10.1. The molecule has 1 heterocycles. The van der Waals surface area contributed by atoms with E-state index in [4.69, 9.17) is 9.15 Å². The molecule has 0 fully saturated rings. The molecule has 0 spiro atoms. The summed E-state index contributed by atoms with van der Waals surface area (Å²) in [7, 11) is 2.90. The van der Waals surface area contributed by atoms with Gasteiger partial charge in [-0.15, -0.1) is 0 Å². The number of methoxy groups -OCH3 is 2. The minimum atomic E-state index is -0.376. The molecular weight excluding hydrogens is 286 g/mol. The Bertz CT molecular complexity index is 704. The third kappa shape index (κ3) is 3.21. The number of aryl methyl sites for hydroxylation is 1. The minimum Gasteiger partial charge on any atom is -0.497 e. The molecule has 1 N–H and O–H groups in total. The van der Waals surface area contributed by atoms with Crippen molar-refractivity contribution in [2.45, 2.75) is 26.3 Å². The van der Waals surface area contributed by atoms with Gasteiger partial charge in [-0.1, -0.05) is 0 Å². The van der Waals surface area contributed by atoms with Crippen molar-refractivity contribution in [3.63, 3.8) is 0 Å². The van der Waals surface area contributed by atoms with E-state index in [1.165, 1.54) is 7.11 Å². The summed E-state index contributed by atoms with van der Waals surface area (Å²) in [6.07, 6.45) is 0.106. The van der Waals surface area contributed by atoms with Gasteiger partial charge in [0.15, 0.2) is 5.76 Å². The zero-order chi connectivity index (χ0) is 16.3. The van der Waals surface area contributed by atoms with Crippen molar-refractivity contribution in [3.05, 3.63) is 29.5 Å². The largest absolute Gasteiger partial charge is 0.497 e. The first-order valence-electron chi connectivity index (χ1n) is 6.91. The fraction of sp³-hybridized carbons (Fsp3) is 0.375. The zero-order valence-corrected chi connectivity index (χ0v) is 13.1. The lowest BCUT2D eigenvalue weighted by Gasteiger charge is -2.11. The van der Waals surface area contributed by atoms with E-state index >= 15 is 0 Å². The zero-order valence-electron chi connectivity index (χ0n) is 13.1. The predicted molar refractivity (Wildman–Crippen MR) is 81.1 cm³/mol. The second kappa shape index (κ2) is 6.51. The monoisotopic (exact) mass is 305 g/mol. The van der Waals surface area contributed by atoms with Crippen LogP contribution < -0.4 is 10.1 Å². The lowest BCUT2D eigenvalue weighted by Crippen LogP contribution is -2.34. The first-order chi connectivity index (χ1) is 10.5. The number of amides is 1. The van der Waals surface area contributed by atoms with Gasteiger partial charge in [0.05, 0.1) is 20.6 Å². The van der Waals surface area contributed by atoms with Crippen molar-refractivity contribution in [3.8, 4) is 5.75 Å². The Morgan fingerprint density at radius 3 is 2.68 bits per heavy atom. The van der Waals surface area contributed by atoms with E-state index in [9.17, 15) is 9.59 Å². The fourth-order valence-corrected chi connectivity index (χ4v) is 2.22. The van der Waals surface area contributed by atoms with E-state index in [1.807, 2.05) is 13.0 Å². The molecule has 1 aromatic carbocycles. The summed E-state index contributed by atoms with van der Waals surface area (Å²) in [5, 5.41) is 3.55. The number of esters is 1. The highest BCUT2D eigenvalue weighted by Crippen LogP contribution is 2.28. The molecule has 1 unspecified atom stereocenters. The van der Waals surface area contributed by atoms with Gasteiger partial charge in [0.25, 0.3) is 5.91 Å². The highest BCUT2D eigenvalue weighted by molar-refractivity contribution is 5.99. The first kappa shape index (κ1) is 15.9. The summed E-state index contributed by atoms with van der Waals surface area (Å²) < 4.78 is 15.4. The average molecular weight is 305 g/mol. The number of hydrogen-bond acceptors (Lipinski definition) is 5. The Labute approximate surface area is 128 Å². The molecule has 6 nitrogen and oxygen atoms in total. The molecule has 0 aliphatic carbocycles. The number of carbonyl (C=O) groups excluding carboxylic acids is 2. The van der Waals surface area contributed by atoms with Gasteiger partial charge in [-0.3, -0.25) is 9.59 Å². The summed E-state index contributed by atoms with van der Waals surface area (Å²) in [6, 6.07) is 5.01. The van der Waals surface area contributed by atoms with E-state index in [-0.39, 0.29) is 30.1 Å². The normalized spacial score (nSPS) is 12.0. The van der Waals surface area contributed by atoms with Gasteiger partial charge in [0, 0.05) is 17.0 Å². The van der Waals surface area contributed by atoms with Crippen molar-refractivity contribution in [2.24, 2.45) is 0 Å². The molecule has 0 aliphatic rings. The molecule has 0 saturated heterocycles. The molecule has 22 heavy (non-hydrogen) atoms. The third-order valence-electron chi connectivity index (χ3n) is 3.43. The predicted octanol–water partition coefficient (Wildman–Crippen LogP) is 2.43. The SMILES string of the molecule is COC(=O)CC(C)NC(=O)c1oc2ccc(OC)cc2c1C. The van der Waals surface area contributed by atoms with Crippen LogP contribution in [0, 0.1) is 6.92 Å². The minimum absolute atomic E-state index is 0.106. The van der Waals surface area contributed by atoms with Crippen LogP contribution in [0.15, 0.2) is 22.6 Å². The van der Waals surface area contributed by atoms with Crippen LogP contribution in [-0.4, -0.2) is 32.1 Å². The van der Waals surface area contributed by atoms with E-state index in [0.29, 0.717) is 11.3 Å². The second-order valence-corrected chi connectivity index (χ2v) is 5.07. The van der Waals surface area contributed by atoms with Crippen LogP contribution in [0.2, 0.25) is 0 Å². The first-order valence-corrected chi connectivity index (χ1v) is 6.91. The maximum Gasteiger partial charge on any atom is 0.307 e. The Kier molecular flexibility index (Phi) is 4.70. The summed E-state index contributed by atoms with van der Waals surface area (Å²) in [6.45, 7) is 3.54. The molecule has 1 atom stereocenters. The quantitative estimate of drug-likeness (QED) is 0.858. The number of carbonyl (C=O) groups is 2. The van der Waals surface area contributed by atoms with E-state index in [1.54, 1.807) is 26.2 Å². The van der Waals surface area contributed by atoms with E-state index < -0.39 is 0 Å². The smallest absolute Gasteiger partial charge is 0.307 e. The van der Waals surface area contributed by atoms with Crippen LogP contribution in [-0.2, 0) is 9.53 Å². The highest BCUT2D eigenvalue weighted by Gasteiger charge is 2.20. The molecule has 0 radical (unpaired) electrons. The lowest BCUT2D eigenvalue weighted by molar-refractivity contribution is -0.141. The van der Waals surface area contributed by atoms with Gasteiger partial charge in [0.1, 0.15) is 11.3 Å². The van der Waals surface area contributed by atoms with Crippen LogP contribution in [0.3, 0.4) is 0 Å². The van der Waals surface area contributed by atoms with Crippen LogP contribution in [0.25, 0.3) is 11.0 Å². The van der Waals surface area contributed by atoms with E-state index in [0.717, 1.165) is 10.9 Å². The summed E-state index contributed by atoms with van der Waals surface area (Å²) in [5.41, 5.74) is 1.35. The number of nitrogens with one attached hydrogen (secondary N) is 1.